The summed E-state index contributed by atoms with van der Waals surface area (Å²) in [7, 11) is 1.90. The van der Waals surface area contributed by atoms with Crippen LogP contribution in [0.5, 0.6) is 0 Å². The lowest BCUT2D eigenvalue weighted by molar-refractivity contribution is -0.121. The van der Waals surface area contributed by atoms with Gasteiger partial charge in [0.05, 0.1) is 17.4 Å². The number of anilines is 1. The molecule has 0 spiro atoms. The van der Waals surface area contributed by atoms with Gasteiger partial charge in [-0.05, 0) is 44.9 Å². The highest BCUT2D eigenvalue weighted by atomic mass is 16.2. The first kappa shape index (κ1) is 24.0. The molecule has 1 N–H and O–H groups in total. The van der Waals surface area contributed by atoms with Crippen molar-refractivity contribution < 1.29 is 14.4 Å². The average Bonchev–Trinajstić information content (AvgIpc) is 3.01. The fourth-order valence-electron chi connectivity index (χ4n) is 4.03. The molecule has 2 aromatic rings. The van der Waals surface area contributed by atoms with E-state index in [0.29, 0.717) is 23.6 Å². The van der Waals surface area contributed by atoms with Crippen LogP contribution in [0.25, 0.3) is 5.70 Å². The van der Waals surface area contributed by atoms with Crippen LogP contribution in [0, 0.1) is 6.92 Å². The highest BCUT2D eigenvalue weighted by Crippen LogP contribution is 2.37. The molecular weight excluding hydrogens is 414 g/mol. The second kappa shape index (κ2) is 9.86. The number of benzene rings is 2. The largest absolute Gasteiger partial charge is 0.357 e. The topological polar surface area (TPSA) is 69.7 Å². The molecule has 1 amide bonds. The smallest absolute Gasteiger partial charge is 0.259 e. The van der Waals surface area contributed by atoms with Crippen LogP contribution in [0.3, 0.4) is 0 Å². The van der Waals surface area contributed by atoms with E-state index >= 15 is 0 Å². The van der Waals surface area contributed by atoms with Gasteiger partial charge in [0.15, 0.2) is 5.78 Å². The predicted octanol–water partition coefficient (Wildman–Crippen LogP) is 4.76. The zero-order valence-corrected chi connectivity index (χ0v) is 19.8. The number of hydrogen-bond acceptors (Lipinski definition) is 5. The van der Waals surface area contributed by atoms with E-state index in [2.05, 4.69) is 18.5 Å². The van der Waals surface area contributed by atoms with Gasteiger partial charge in [-0.25, -0.2) is 0 Å². The fraction of sp³-hybridized carbons (Fsp3) is 0.296. The molecule has 6 heteroatoms. The van der Waals surface area contributed by atoms with Crippen LogP contribution in [0.2, 0.25) is 0 Å². The van der Waals surface area contributed by atoms with Gasteiger partial charge in [0.25, 0.3) is 5.91 Å². The minimum absolute atomic E-state index is 0.0158. The average molecular weight is 446 g/mol. The van der Waals surface area contributed by atoms with Gasteiger partial charge in [0.2, 0.25) is 0 Å². The van der Waals surface area contributed by atoms with Crippen molar-refractivity contribution in [3.63, 3.8) is 0 Å². The van der Waals surface area contributed by atoms with E-state index in [1.165, 1.54) is 24.3 Å². The van der Waals surface area contributed by atoms with Gasteiger partial charge >= 0.3 is 0 Å². The number of carbonyl (C=O) groups is 3. The minimum atomic E-state index is -0.704. The molecule has 0 saturated heterocycles. The highest BCUT2D eigenvalue weighted by Gasteiger charge is 2.39. The SMILES string of the molecule is C=C(Nc1ccc(C)cc1)N(C)Cc1cccc2c1C(=O)N(C(CCC(C)=O)C(C)=O)C2=C. The van der Waals surface area contributed by atoms with Crippen molar-refractivity contribution >= 4 is 28.9 Å². The van der Waals surface area contributed by atoms with Crippen LogP contribution in [-0.2, 0) is 16.1 Å². The number of rotatable bonds is 10. The quantitative estimate of drug-likeness (QED) is 0.571. The van der Waals surface area contributed by atoms with Crippen molar-refractivity contribution in [2.24, 2.45) is 0 Å². The molecule has 1 heterocycles. The maximum Gasteiger partial charge on any atom is 0.259 e. The van der Waals surface area contributed by atoms with Crippen molar-refractivity contribution in [3.05, 3.63) is 83.7 Å². The Morgan fingerprint density at radius 3 is 2.39 bits per heavy atom. The van der Waals surface area contributed by atoms with Gasteiger partial charge in [0, 0.05) is 37.0 Å². The van der Waals surface area contributed by atoms with Gasteiger partial charge in [-0.15, -0.1) is 0 Å². The van der Waals surface area contributed by atoms with E-state index in [1.807, 2.05) is 61.3 Å². The van der Waals surface area contributed by atoms with Crippen LogP contribution in [0.1, 0.15) is 53.7 Å². The maximum atomic E-state index is 13.5. The third-order valence-electron chi connectivity index (χ3n) is 5.94. The van der Waals surface area contributed by atoms with Crippen LogP contribution >= 0.6 is 0 Å². The van der Waals surface area contributed by atoms with Gasteiger partial charge in [-0.3, -0.25) is 14.5 Å². The second-order valence-corrected chi connectivity index (χ2v) is 8.62. The Morgan fingerprint density at radius 2 is 1.79 bits per heavy atom. The van der Waals surface area contributed by atoms with E-state index in [1.54, 1.807) is 0 Å². The third-order valence-corrected chi connectivity index (χ3v) is 5.94. The number of nitrogens with zero attached hydrogens (tertiary/aromatic N) is 2. The molecule has 1 aliphatic rings. The molecule has 0 radical (unpaired) electrons. The molecule has 0 fully saturated rings. The number of amides is 1. The lowest BCUT2D eigenvalue weighted by atomic mass is 10.0. The standard InChI is InChI=1S/C27H31N3O3/c1-17-10-13-23(14-11-17)28-21(5)29(6)16-22-8-7-9-24-19(3)30(27(33)26(22)24)25(20(4)32)15-12-18(2)31/h7-11,13-14,25,28H,3,5,12,15-16H2,1-2,4,6H3. The van der Waals surface area contributed by atoms with Crippen molar-refractivity contribution in [2.75, 3.05) is 12.4 Å². The van der Waals surface area contributed by atoms with Crippen molar-refractivity contribution in [1.82, 2.24) is 9.80 Å². The third kappa shape index (κ3) is 5.22. The molecule has 172 valence electrons. The Hall–Kier alpha value is -3.67. The lowest BCUT2D eigenvalue weighted by Crippen LogP contribution is -2.40. The summed E-state index contributed by atoms with van der Waals surface area (Å²) in [4.78, 5) is 40.7. The number of Topliss-reactive ketones (excluding diaryl/α,β-unsaturated/α-hetero) is 2. The van der Waals surface area contributed by atoms with Crippen LogP contribution in [0.15, 0.2) is 61.4 Å². The Labute approximate surface area is 195 Å². The molecule has 3 rings (SSSR count). The van der Waals surface area contributed by atoms with E-state index in [9.17, 15) is 14.4 Å². The summed E-state index contributed by atoms with van der Waals surface area (Å²) in [6, 6.07) is 13.0. The summed E-state index contributed by atoms with van der Waals surface area (Å²) >= 11 is 0. The second-order valence-electron chi connectivity index (χ2n) is 8.62. The summed E-state index contributed by atoms with van der Waals surface area (Å²) < 4.78 is 0. The van der Waals surface area contributed by atoms with E-state index in [4.69, 9.17) is 0 Å². The summed E-state index contributed by atoms with van der Waals surface area (Å²) in [5.74, 6) is 0.270. The highest BCUT2D eigenvalue weighted by molar-refractivity contribution is 6.12. The maximum absolute atomic E-state index is 13.5. The van der Waals surface area contributed by atoms with Crippen molar-refractivity contribution in [3.8, 4) is 0 Å². The molecule has 1 aliphatic heterocycles. The van der Waals surface area contributed by atoms with Crippen LogP contribution < -0.4 is 5.32 Å². The fourth-order valence-corrected chi connectivity index (χ4v) is 4.03. The molecular formula is C27H31N3O3. The normalized spacial score (nSPS) is 13.5. The lowest BCUT2D eigenvalue weighted by Gasteiger charge is -2.27. The number of nitrogens with one attached hydrogen (secondary N) is 1. The molecule has 0 saturated carbocycles. The number of fused-ring (bicyclic) bond motifs is 1. The first-order valence-corrected chi connectivity index (χ1v) is 11.0. The summed E-state index contributed by atoms with van der Waals surface area (Å²) in [6.45, 7) is 13.6. The summed E-state index contributed by atoms with van der Waals surface area (Å²) in [5.41, 5.74) is 4.70. The van der Waals surface area contributed by atoms with Gasteiger partial charge in [-0.2, -0.15) is 0 Å². The van der Waals surface area contributed by atoms with Crippen LogP contribution in [0.4, 0.5) is 5.69 Å². The Kier molecular flexibility index (Phi) is 7.16. The molecule has 2 aromatic carbocycles. The zero-order valence-electron chi connectivity index (χ0n) is 19.8. The zero-order chi connectivity index (χ0) is 24.3. The van der Waals surface area contributed by atoms with E-state index in [0.717, 1.165) is 16.8 Å². The van der Waals surface area contributed by atoms with E-state index < -0.39 is 6.04 Å². The molecule has 1 atom stereocenters. The summed E-state index contributed by atoms with van der Waals surface area (Å²) in [5, 5.41) is 3.29. The Balaban J connectivity index is 1.82. The van der Waals surface area contributed by atoms with Gasteiger partial charge in [-0.1, -0.05) is 49.1 Å². The monoisotopic (exact) mass is 445 g/mol. The van der Waals surface area contributed by atoms with Crippen molar-refractivity contribution in [2.45, 2.75) is 46.2 Å². The van der Waals surface area contributed by atoms with Crippen LogP contribution in [-0.4, -0.2) is 40.4 Å². The summed E-state index contributed by atoms with van der Waals surface area (Å²) in [6.07, 6.45) is 0.522. The molecule has 0 aliphatic carbocycles. The minimum Gasteiger partial charge on any atom is -0.357 e. The van der Waals surface area contributed by atoms with E-state index in [-0.39, 0.29) is 30.3 Å². The Bertz CT molecular complexity index is 1120. The molecule has 1 unspecified atom stereocenters. The first-order valence-electron chi connectivity index (χ1n) is 11.0. The Morgan fingerprint density at radius 1 is 1.12 bits per heavy atom. The molecule has 33 heavy (non-hydrogen) atoms. The van der Waals surface area contributed by atoms with Gasteiger partial charge < -0.3 is 15.0 Å². The molecule has 0 bridgehead atoms. The number of ketones is 2. The van der Waals surface area contributed by atoms with Crippen molar-refractivity contribution in [1.29, 1.82) is 0 Å². The molecule has 6 nitrogen and oxygen atoms in total. The first-order chi connectivity index (χ1) is 15.6. The molecule has 0 aromatic heterocycles. The van der Waals surface area contributed by atoms with Gasteiger partial charge in [0.1, 0.15) is 5.78 Å². The predicted molar refractivity (Wildman–Crippen MR) is 131 cm³/mol. The number of hydrogen-bond donors (Lipinski definition) is 1. The number of carbonyl (C=O) groups excluding carboxylic acids is 3. The number of aryl methyl sites for hydroxylation is 1.